The fraction of sp³-hybridized carbons (Fsp3) is 0.909. The van der Waals surface area contributed by atoms with E-state index in [0.29, 0.717) is 19.0 Å². The molecule has 1 rings (SSSR count). The van der Waals surface area contributed by atoms with Gasteiger partial charge in [-0.3, -0.25) is 9.69 Å². The lowest BCUT2D eigenvalue weighted by Crippen LogP contribution is -2.50. The van der Waals surface area contributed by atoms with Gasteiger partial charge < -0.3 is 4.90 Å². The summed E-state index contributed by atoms with van der Waals surface area (Å²) in [5, 5.41) is 0. The highest BCUT2D eigenvalue weighted by Crippen LogP contribution is 2.06. The van der Waals surface area contributed by atoms with Crippen LogP contribution in [0.15, 0.2) is 0 Å². The van der Waals surface area contributed by atoms with Gasteiger partial charge in [-0.2, -0.15) is 0 Å². The number of amides is 1. The molecule has 0 aromatic carbocycles. The van der Waals surface area contributed by atoms with Crippen molar-refractivity contribution in [3.8, 4) is 0 Å². The minimum absolute atomic E-state index is 0.267. The summed E-state index contributed by atoms with van der Waals surface area (Å²) in [6, 6.07) is 0. The van der Waals surface area contributed by atoms with E-state index < -0.39 is 9.84 Å². The maximum atomic E-state index is 11.7. The van der Waals surface area contributed by atoms with E-state index in [1.54, 1.807) is 4.90 Å². The molecule has 1 aliphatic heterocycles. The summed E-state index contributed by atoms with van der Waals surface area (Å²) in [4.78, 5) is 15.6. The molecule has 0 radical (unpaired) electrons. The van der Waals surface area contributed by atoms with Gasteiger partial charge in [0.05, 0.1) is 0 Å². The van der Waals surface area contributed by atoms with Crippen molar-refractivity contribution in [1.29, 1.82) is 0 Å². The Bertz CT molecular complexity index is 357. The molecule has 0 aromatic rings. The van der Waals surface area contributed by atoms with Crippen molar-refractivity contribution in [1.82, 2.24) is 9.80 Å². The van der Waals surface area contributed by atoms with Gasteiger partial charge >= 0.3 is 0 Å². The molecule has 1 amide bonds. The first-order valence-corrected chi connectivity index (χ1v) is 8.02. The Hall–Kier alpha value is -0.620. The van der Waals surface area contributed by atoms with Gasteiger partial charge in [0.25, 0.3) is 0 Å². The molecule has 0 N–H and O–H groups in total. The van der Waals surface area contributed by atoms with Crippen LogP contribution in [0.2, 0.25) is 0 Å². The first-order chi connectivity index (χ1) is 7.78. The first kappa shape index (κ1) is 14.4. The number of nitrogens with zero attached hydrogens (tertiary/aromatic N) is 2. The monoisotopic (exact) mass is 262 g/mol. The Morgan fingerprint density at radius 1 is 1.18 bits per heavy atom. The van der Waals surface area contributed by atoms with Gasteiger partial charge in [0, 0.05) is 39.0 Å². The van der Waals surface area contributed by atoms with Crippen molar-refractivity contribution in [3.05, 3.63) is 0 Å². The fourth-order valence-electron chi connectivity index (χ4n) is 2.01. The van der Waals surface area contributed by atoms with Crippen molar-refractivity contribution in [2.24, 2.45) is 5.92 Å². The summed E-state index contributed by atoms with van der Waals surface area (Å²) in [5.41, 5.74) is 0. The van der Waals surface area contributed by atoms with Gasteiger partial charge in [-0.15, -0.1) is 0 Å². The van der Waals surface area contributed by atoms with Crippen LogP contribution in [0.5, 0.6) is 0 Å². The summed E-state index contributed by atoms with van der Waals surface area (Å²) in [6.07, 6.45) is 1.10. The molecule has 0 unspecified atom stereocenters. The number of hydrogen-bond donors (Lipinski definition) is 0. The molecule has 1 heterocycles. The minimum atomic E-state index is -3.21. The predicted molar refractivity (Wildman–Crippen MR) is 67.6 cm³/mol. The van der Waals surface area contributed by atoms with Gasteiger partial charge in [0.2, 0.25) is 5.91 Å². The maximum absolute atomic E-state index is 11.7. The summed E-state index contributed by atoms with van der Waals surface area (Å²) in [7, 11) is -3.21. The highest BCUT2D eigenvalue weighted by molar-refractivity contribution is 7.91. The van der Waals surface area contributed by atoms with Crippen molar-refractivity contribution >= 4 is 15.7 Å². The van der Waals surface area contributed by atoms with Crippen LogP contribution in [0.25, 0.3) is 0 Å². The lowest BCUT2D eigenvalue weighted by Gasteiger charge is -2.35. The predicted octanol–water partition coefficient (Wildman–Crippen LogP) is -0.169. The molecule has 100 valence electrons. The number of rotatable bonds is 4. The molecule has 0 bridgehead atoms. The number of carbonyl (C=O) groups is 1. The van der Waals surface area contributed by atoms with Gasteiger partial charge in [-0.05, 0) is 5.92 Å². The minimum Gasteiger partial charge on any atom is -0.339 e. The molecule has 1 aliphatic rings. The number of hydrogen-bond acceptors (Lipinski definition) is 4. The topological polar surface area (TPSA) is 57.7 Å². The number of piperazine rings is 1. The summed E-state index contributed by atoms with van der Waals surface area (Å²) >= 11 is 0. The van der Waals surface area contributed by atoms with Gasteiger partial charge in [0.15, 0.2) is 9.84 Å². The van der Waals surface area contributed by atoms with Crippen LogP contribution < -0.4 is 0 Å². The molecule has 0 saturated carbocycles. The van der Waals surface area contributed by atoms with E-state index in [-0.39, 0.29) is 11.7 Å². The van der Waals surface area contributed by atoms with Crippen LogP contribution in [-0.4, -0.2) is 68.9 Å². The van der Waals surface area contributed by atoms with Gasteiger partial charge in [-0.1, -0.05) is 13.8 Å². The van der Waals surface area contributed by atoms with Crippen LogP contribution in [0.4, 0.5) is 0 Å². The second-order valence-electron chi connectivity index (χ2n) is 5.15. The van der Waals surface area contributed by atoms with Crippen LogP contribution in [-0.2, 0) is 14.6 Å². The SMILES string of the molecule is CC(C)CN1CCN(C(=O)CS(C)(=O)=O)CC1. The van der Waals surface area contributed by atoms with E-state index in [1.165, 1.54) is 0 Å². The zero-order chi connectivity index (χ0) is 13.1. The molecule has 0 aromatic heterocycles. The van der Waals surface area contributed by atoms with E-state index in [2.05, 4.69) is 18.7 Å². The van der Waals surface area contributed by atoms with E-state index in [1.807, 2.05) is 0 Å². The number of sulfone groups is 1. The quantitative estimate of drug-likeness (QED) is 0.706. The first-order valence-electron chi connectivity index (χ1n) is 5.96. The van der Waals surface area contributed by atoms with Gasteiger partial charge in [0.1, 0.15) is 5.75 Å². The Kier molecular flexibility index (Phi) is 4.94. The van der Waals surface area contributed by atoms with E-state index >= 15 is 0 Å². The summed E-state index contributed by atoms with van der Waals surface area (Å²) < 4.78 is 22.1. The summed E-state index contributed by atoms with van der Waals surface area (Å²) in [5.74, 6) is -0.0121. The third-order valence-corrected chi connectivity index (χ3v) is 3.51. The number of carbonyl (C=O) groups excluding carboxylic acids is 1. The fourth-order valence-corrected chi connectivity index (χ4v) is 2.64. The Morgan fingerprint density at radius 3 is 2.12 bits per heavy atom. The Labute approximate surface area is 104 Å². The smallest absolute Gasteiger partial charge is 0.237 e. The second kappa shape index (κ2) is 5.82. The van der Waals surface area contributed by atoms with Crippen molar-refractivity contribution in [3.63, 3.8) is 0 Å². The Morgan fingerprint density at radius 2 is 1.71 bits per heavy atom. The third kappa shape index (κ3) is 5.50. The highest BCUT2D eigenvalue weighted by atomic mass is 32.2. The molecule has 6 heteroatoms. The average molecular weight is 262 g/mol. The lowest BCUT2D eigenvalue weighted by molar-refractivity contribution is -0.130. The Balaban J connectivity index is 2.39. The zero-order valence-corrected chi connectivity index (χ0v) is 11.7. The van der Waals surface area contributed by atoms with Crippen molar-refractivity contribution < 1.29 is 13.2 Å². The molecule has 0 spiro atoms. The van der Waals surface area contributed by atoms with Crippen LogP contribution in [0, 0.1) is 5.92 Å². The largest absolute Gasteiger partial charge is 0.339 e. The van der Waals surface area contributed by atoms with Crippen molar-refractivity contribution in [2.75, 3.05) is 44.7 Å². The molecular weight excluding hydrogens is 240 g/mol. The lowest BCUT2D eigenvalue weighted by atomic mass is 10.2. The zero-order valence-electron chi connectivity index (χ0n) is 10.8. The van der Waals surface area contributed by atoms with E-state index in [0.717, 1.165) is 25.9 Å². The van der Waals surface area contributed by atoms with Gasteiger partial charge in [-0.25, -0.2) is 8.42 Å². The van der Waals surface area contributed by atoms with E-state index in [4.69, 9.17) is 0 Å². The summed E-state index contributed by atoms with van der Waals surface area (Å²) in [6.45, 7) is 8.33. The van der Waals surface area contributed by atoms with Crippen molar-refractivity contribution in [2.45, 2.75) is 13.8 Å². The molecule has 1 saturated heterocycles. The normalized spacial score (nSPS) is 18.7. The molecule has 0 atom stereocenters. The standard InChI is InChI=1S/C11H22N2O3S/c1-10(2)8-12-4-6-13(7-5-12)11(14)9-17(3,15)16/h10H,4-9H2,1-3H3. The molecular formula is C11H22N2O3S. The molecule has 1 fully saturated rings. The average Bonchev–Trinajstić information content (AvgIpc) is 2.15. The highest BCUT2D eigenvalue weighted by Gasteiger charge is 2.23. The molecule has 0 aliphatic carbocycles. The molecule has 17 heavy (non-hydrogen) atoms. The van der Waals surface area contributed by atoms with E-state index in [9.17, 15) is 13.2 Å². The third-order valence-electron chi connectivity index (χ3n) is 2.73. The maximum Gasteiger partial charge on any atom is 0.237 e. The van der Waals surface area contributed by atoms with Crippen LogP contribution >= 0.6 is 0 Å². The second-order valence-corrected chi connectivity index (χ2v) is 7.29. The molecule has 5 nitrogen and oxygen atoms in total. The van der Waals surface area contributed by atoms with Crippen LogP contribution in [0.3, 0.4) is 0 Å². The van der Waals surface area contributed by atoms with Crippen LogP contribution in [0.1, 0.15) is 13.8 Å².